The predicted octanol–water partition coefficient (Wildman–Crippen LogP) is 2.87. The lowest BCUT2D eigenvalue weighted by atomic mass is 9.95. The number of anilines is 1. The van der Waals surface area contributed by atoms with E-state index in [2.05, 4.69) is 5.32 Å². The molecule has 0 aliphatic carbocycles. The number of nitrogens with one attached hydrogen (secondary N) is 1. The second kappa shape index (κ2) is 7.43. The van der Waals surface area contributed by atoms with Crippen LogP contribution in [0.25, 0.3) is 5.57 Å². The number of hydrogen-bond acceptors (Lipinski definition) is 5. The van der Waals surface area contributed by atoms with Crippen LogP contribution in [0.2, 0.25) is 0 Å². The number of hydrogen-bond donors (Lipinski definition) is 1. The second-order valence-corrected chi connectivity index (χ2v) is 4.73. The summed E-state index contributed by atoms with van der Waals surface area (Å²) in [6.45, 7) is 4.76. The molecule has 0 saturated carbocycles. The van der Waals surface area contributed by atoms with Crippen molar-refractivity contribution in [3.63, 3.8) is 0 Å². The number of ether oxygens (including phenoxy) is 2. The van der Waals surface area contributed by atoms with Gasteiger partial charge in [-0.3, -0.25) is 0 Å². The van der Waals surface area contributed by atoms with Gasteiger partial charge in [-0.1, -0.05) is 18.2 Å². The van der Waals surface area contributed by atoms with Gasteiger partial charge in [0.1, 0.15) is 18.2 Å². The monoisotopic (exact) mass is 298 g/mol. The number of benzene rings is 1. The number of nitriles is 1. The highest BCUT2D eigenvalue weighted by Crippen LogP contribution is 2.33. The van der Waals surface area contributed by atoms with Gasteiger partial charge < -0.3 is 14.8 Å². The summed E-state index contributed by atoms with van der Waals surface area (Å²) >= 11 is 0. The van der Waals surface area contributed by atoms with E-state index in [-0.39, 0.29) is 12.2 Å². The Morgan fingerprint density at radius 3 is 2.82 bits per heavy atom. The molecule has 1 aromatic rings. The number of fused-ring (bicyclic) bond motifs is 1. The summed E-state index contributed by atoms with van der Waals surface area (Å²) in [5, 5.41) is 12.6. The Morgan fingerprint density at radius 2 is 2.09 bits per heavy atom. The molecule has 1 N–H and O–H groups in total. The molecule has 1 aliphatic rings. The van der Waals surface area contributed by atoms with E-state index in [1.165, 1.54) is 0 Å². The Kier molecular flexibility index (Phi) is 5.34. The van der Waals surface area contributed by atoms with Crippen molar-refractivity contribution < 1.29 is 14.3 Å². The van der Waals surface area contributed by atoms with Crippen LogP contribution in [0.4, 0.5) is 5.69 Å². The van der Waals surface area contributed by atoms with E-state index in [1.807, 2.05) is 44.2 Å². The highest BCUT2D eigenvalue weighted by Gasteiger charge is 2.21. The first kappa shape index (κ1) is 15.8. The van der Waals surface area contributed by atoms with E-state index in [0.29, 0.717) is 18.8 Å². The maximum atomic E-state index is 12.1. The Bertz CT molecular complexity index is 669. The van der Waals surface area contributed by atoms with Gasteiger partial charge in [-0.25, -0.2) is 4.79 Å². The minimum atomic E-state index is -0.627. The van der Waals surface area contributed by atoms with E-state index in [9.17, 15) is 10.1 Å². The molecule has 5 heteroatoms. The van der Waals surface area contributed by atoms with E-state index >= 15 is 0 Å². The Labute approximate surface area is 129 Å². The number of para-hydroxylation sites is 1. The fourth-order valence-corrected chi connectivity index (χ4v) is 2.20. The zero-order valence-corrected chi connectivity index (χ0v) is 12.7. The standard InChI is InChI=1S/C17H18N2O3/c1-3-21-8-9-22-17(20)15(11-18)14-10-12(2)19-16-7-5-4-6-13(14)16/h4-7,10,19H,3,8-9H2,1-2H3/b15-14-. The van der Waals surface area contributed by atoms with E-state index in [4.69, 9.17) is 9.47 Å². The van der Waals surface area contributed by atoms with Crippen LogP contribution in [0.5, 0.6) is 0 Å². The maximum Gasteiger partial charge on any atom is 0.349 e. The molecule has 0 saturated heterocycles. The van der Waals surface area contributed by atoms with Gasteiger partial charge in [0.05, 0.1) is 6.61 Å². The van der Waals surface area contributed by atoms with Crippen LogP contribution in [0, 0.1) is 11.3 Å². The Hall–Kier alpha value is -2.58. The number of carbonyl (C=O) groups is 1. The van der Waals surface area contributed by atoms with Gasteiger partial charge in [0, 0.05) is 29.1 Å². The van der Waals surface area contributed by atoms with Crippen molar-refractivity contribution in [2.75, 3.05) is 25.1 Å². The van der Waals surface area contributed by atoms with Crippen LogP contribution in [-0.2, 0) is 14.3 Å². The third-order valence-corrected chi connectivity index (χ3v) is 3.16. The number of esters is 1. The van der Waals surface area contributed by atoms with Crippen molar-refractivity contribution in [2.45, 2.75) is 13.8 Å². The van der Waals surface area contributed by atoms with Crippen molar-refractivity contribution in [1.82, 2.24) is 0 Å². The van der Waals surface area contributed by atoms with E-state index in [1.54, 1.807) is 6.08 Å². The van der Waals surface area contributed by atoms with Crippen LogP contribution < -0.4 is 5.32 Å². The normalized spacial score (nSPS) is 15.0. The van der Waals surface area contributed by atoms with E-state index in [0.717, 1.165) is 16.9 Å². The van der Waals surface area contributed by atoms with Crippen molar-refractivity contribution in [1.29, 1.82) is 5.26 Å². The lowest BCUT2D eigenvalue weighted by Gasteiger charge is -2.20. The molecule has 0 spiro atoms. The molecule has 0 fully saturated rings. The number of rotatable bonds is 5. The molecule has 2 rings (SSSR count). The average Bonchev–Trinajstić information content (AvgIpc) is 2.52. The van der Waals surface area contributed by atoms with Crippen LogP contribution in [0.3, 0.4) is 0 Å². The van der Waals surface area contributed by atoms with E-state index < -0.39 is 5.97 Å². The molecule has 0 aromatic heterocycles. The molecule has 22 heavy (non-hydrogen) atoms. The quantitative estimate of drug-likeness (QED) is 0.392. The first-order valence-corrected chi connectivity index (χ1v) is 7.11. The summed E-state index contributed by atoms with van der Waals surface area (Å²) in [4.78, 5) is 12.1. The summed E-state index contributed by atoms with van der Waals surface area (Å²) in [5.74, 6) is -0.627. The molecule has 0 atom stereocenters. The average molecular weight is 298 g/mol. The SMILES string of the molecule is CCOCCOC(=O)/C(C#N)=C1/C=C(C)Nc2ccccc21. The summed E-state index contributed by atoms with van der Waals surface area (Å²) in [6.07, 6.45) is 1.78. The molecule has 1 aromatic carbocycles. The molecule has 0 radical (unpaired) electrons. The second-order valence-electron chi connectivity index (χ2n) is 4.73. The van der Waals surface area contributed by atoms with Gasteiger partial charge in [0.2, 0.25) is 0 Å². The minimum absolute atomic E-state index is 0.00444. The Balaban J connectivity index is 2.30. The third kappa shape index (κ3) is 3.54. The molecule has 5 nitrogen and oxygen atoms in total. The summed E-state index contributed by atoms with van der Waals surface area (Å²) in [6, 6.07) is 9.50. The van der Waals surface area contributed by atoms with Crippen molar-refractivity contribution in [3.8, 4) is 6.07 Å². The zero-order valence-electron chi connectivity index (χ0n) is 12.7. The highest BCUT2D eigenvalue weighted by atomic mass is 16.6. The smallest absolute Gasteiger partial charge is 0.349 e. The Morgan fingerprint density at radius 1 is 1.32 bits per heavy atom. The lowest BCUT2D eigenvalue weighted by Crippen LogP contribution is -2.14. The molecule has 1 aliphatic heterocycles. The van der Waals surface area contributed by atoms with Gasteiger partial charge in [0.25, 0.3) is 0 Å². The molecule has 0 unspecified atom stereocenters. The van der Waals surface area contributed by atoms with Crippen LogP contribution in [-0.4, -0.2) is 25.8 Å². The van der Waals surface area contributed by atoms with Gasteiger partial charge >= 0.3 is 5.97 Å². The number of carbonyl (C=O) groups excluding carboxylic acids is 1. The fraction of sp³-hybridized carbons (Fsp3) is 0.294. The molecule has 0 bridgehead atoms. The molecular formula is C17H18N2O3. The summed E-state index contributed by atoms with van der Waals surface area (Å²) in [5.41, 5.74) is 3.13. The summed E-state index contributed by atoms with van der Waals surface area (Å²) in [7, 11) is 0. The van der Waals surface area contributed by atoms with Gasteiger partial charge in [-0.2, -0.15) is 5.26 Å². The van der Waals surface area contributed by atoms with Gasteiger partial charge in [-0.15, -0.1) is 0 Å². The number of nitrogens with zero attached hydrogens (tertiary/aromatic N) is 1. The highest BCUT2D eigenvalue weighted by molar-refractivity contribution is 6.06. The predicted molar refractivity (Wildman–Crippen MR) is 83.8 cm³/mol. The first-order valence-electron chi connectivity index (χ1n) is 7.11. The maximum absolute atomic E-state index is 12.1. The molecule has 0 amide bonds. The van der Waals surface area contributed by atoms with Gasteiger partial charge in [0.15, 0.2) is 0 Å². The van der Waals surface area contributed by atoms with Crippen molar-refractivity contribution in [2.24, 2.45) is 0 Å². The first-order chi connectivity index (χ1) is 10.7. The minimum Gasteiger partial charge on any atom is -0.459 e. The largest absolute Gasteiger partial charge is 0.459 e. The van der Waals surface area contributed by atoms with Gasteiger partial charge in [-0.05, 0) is 26.0 Å². The fourth-order valence-electron chi connectivity index (χ4n) is 2.20. The molecule has 1 heterocycles. The molecule has 114 valence electrons. The van der Waals surface area contributed by atoms with Crippen molar-refractivity contribution >= 4 is 17.2 Å². The lowest BCUT2D eigenvalue weighted by molar-refractivity contribution is -0.139. The van der Waals surface area contributed by atoms with Crippen LogP contribution >= 0.6 is 0 Å². The van der Waals surface area contributed by atoms with Crippen LogP contribution in [0.1, 0.15) is 19.4 Å². The topological polar surface area (TPSA) is 71.3 Å². The number of allylic oxidation sites excluding steroid dienone is 3. The van der Waals surface area contributed by atoms with Crippen LogP contribution in [0.15, 0.2) is 41.6 Å². The summed E-state index contributed by atoms with van der Waals surface area (Å²) < 4.78 is 10.2. The molecular weight excluding hydrogens is 280 g/mol. The third-order valence-electron chi connectivity index (χ3n) is 3.16. The van der Waals surface area contributed by atoms with Crippen molar-refractivity contribution in [3.05, 3.63) is 47.2 Å². The zero-order chi connectivity index (χ0) is 15.9.